The molecule has 4 heteroatoms. The van der Waals surface area contributed by atoms with Crippen LogP contribution < -0.4 is 0 Å². The summed E-state index contributed by atoms with van der Waals surface area (Å²) in [5, 5.41) is 0. The lowest BCUT2D eigenvalue weighted by atomic mass is 9.84. The van der Waals surface area contributed by atoms with Gasteiger partial charge in [0.2, 0.25) is 0 Å². The normalized spacial score (nSPS) is 13.2. The molecule has 0 N–H and O–H groups in total. The summed E-state index contributed by atoms with van der Waals surface area (Å²) in [5.74, 6) is 1.27. The molecule has 150 valence electrons. The number of hydrogen-bond donors (Lipinski definition) is 0. The van der Waals surface area contributed by atoms with Crippen molar-refractivity contribution in [2.45, 2.75) is 73.1 Å². The van der Waals surface area contributed by atoms with E-state index < -0.39 is 0 Å². The molecule has 0 fully saturated rings. The Balaban J connectivity index is 3.97. The molecule has 0 amide bonds. The van der Waals surface area contributed by atoms with Gasteiger partial charge >= 0.3 is 11.9 Å². The van der Waals surface area contributed by atoms with E-state index in [9.17, 15) is 9.59 Å². The molecule has 2 atom stereocenters. The molecule has 0 aromatic rings. The molecular weight excluding hydrogens is 328 g/mol. The minimum absolute atomic E-state index is 0.299. The fourth-order valence-corrected chi connectivity index (χ4v) is 2.81. The summed E-state index contributed by atoms with van der Waals surface area (Å²) in [6.45, 7) is 18.2. The van der Waals surface area contributed by atoms with Crippen molar-refractivity contribution in [3.63, 3.8) is 0 Å². The van der Waals surface area contributed by atoms with Crippen molar-refractivity contribution in [2.24, 2.45) is 17.8 Å². The Hall–Kier alpha value is -1.58. The van der Waals surface area contributed by atoms with Crippen LogP contribution in [0.5, 0.6) is 0 Å². The van der Waals surface area contributed by atoms with Gasteiger partial charge in [0.15, 0.2) is 0 Å². The Morgan fingerprint density at radius 1 is 0.769 bits per heavy atom. The van der Waals surface area contributed by atoms with Crippen molar-refractivity contribution in [1.82, 2.24) is 0 Å². The summed E-state index contributed by atoms with van der Waals surface area (Å²) >= 11 is 0. The minimum Gasteiger partial charge on any atom is -0.462 e. The number of carbonyl (C=O) groups excluding carboxylic acids is 2. The van der Waals surface area contributed by atoms with E-state index in [1.165, 1.54) is 12.8 Å². The van der Waals surface area contributed by atoms with Gasteiger partial charge in [0, 0.05) is 11.1 Å². The van der Waals surface area contributed by atoms with E-state index >= 15 is 0 Å². The lowest BCUT2D eigenvalue weighted by Gasteiger charge is -2.22. The molecule has 0 aliphatic carbocycles. The van der Waals surface area contributed by atoms with Gasteiger partial charge in [-0.1, -0.05) is 40.3 Å². The van der Waals surface area contributed by atoms with E-state index in [0.29, 0.717) is 42.1 Å². The van der Waals surface area contributed by atoms with E-state index in [2.05, 4.69) is 33.9 Å². The first-order valence-electron chi connectivity index (χ1n) is 9.80. The smallest absolute Gasteiger partial charge is 0.333 e. The van der Waals surface area contributed by atoms with Crippen LogP contribution in [0.15, 0.2) is 24.3 Å². The van der Waals surface area contributed by atoms with Gasteiger partial charge in [0.1, 0.15) is 0 Å². The molecule has 4 nitrogen and oxygen atoms in total. The van der Waals surface area contributed by atoms with Crippen LogP contribution in [-0.2, 0) is 19.1 Å². The van der Waals surface area contributed by atoms with Crippen LogP contribution in [0, 0.1) is 17.8 Å². The third-order valence-corrected chi connectivity index (χ3v) is 4.70. The van der Waals surface area contributed by atoms with Crippen molar-refractivity contribution in [1.29, 1.82) is 0 Å². The number of carbonyl (C=O) groups is 2. The molecule has 0 saturated carbocycles. The highest BCUT2D eigenvalue weighted by atomic mass is 16.5. The molecule has 0 bridgehead atoms. The summed E-state index contributed by atoms with van der Waals surface area (Å²) in [5.41, 5.74) is 0.903. The summed E-state index contributed by atoms with van der Waals surface area (Å²) in [6.07, 6.45) is 6.27. The van der Waals surface area contributed by atoms with Gasteiger partial charge in [0.05, 0.1) is 13.2 Å². The summed E-state index contributed by atoms with van der Waals surface area (Å²) in [7, 11) is 0. The minimum atomic E-state index is -0.301. The molecule has 0 aromatic heterocycles. The average Bonchev–Trinajstić information content (AvgIpc) is 2.56. The van der Waals surface area contributed by atoms with Crippen LogP contribution in [0.25, 0.3) is 0 Å². The predicted octanol–water partition coefficient (Wildman–Crippen LogP) is 5.47. The first kappa shape index (κ1) is 24.4. The summed E-state index contributed by atoms with van der Waals surface area (Å²) in [4.78, 5) is 22.7. The molecule has 0 rings (SSSR count). The number of ether oxygens (including phenoxy) is 2. The van der Waals surface area contributed by atoms with Crippen molar-refractivity contribution < 1.29 is 19.1 Å². The van der Waals surface area contributed by atoms with Gasteiger partial charge in [-0.15, -0.1) is 0 Å². The zero-order chi connectivity index (χ0) is 20.1. The van der Waals surface area contributed by atoms with Crippen LogP contribution in [0.1, 0.15) is 73.1 Å². The first-order chi connectivity index (χ1) is 12.1. The van der Waals surface area contributed by atoms with E-state index in [-0.39, 0.29) is 11.9 Å². The molecular formula is C22H38O4. The van der Waals surface area contributed by atoms with Crippen molar-refractivity contribution >= 4 is 11.9 Å². The van der Waals surface area contributed by atoms with Gasteiger partial charge < -0.3 is 9.47 Å². The fourth-order valence-electron chi connectivity index (χ4n) is 2.81. The zero-order valence-corrected chi connectivity index (χ0v) is 17.4. The molecule has 0 radical (unpaired) electrons. The predicted molar refractivity (Wildman–Crippen MR) is 107 cm³/mol. The maximum absolute atomic E-state index is 11.4. The zero-order valence-electron chi connectivity index (χ0n) is 17.4. The molecule has 26 heavy (non-hydrogen) atoms. The molecule has 0 aromatic carbocycles. The third-order valence-electron chi connectivity index (χ3n) is 4.70. The molecule has 0 spiro atoms. The Morgan fingerprint density at radius 2 is 1.23 bits per heavy atom. The van der Waals surface area contributed by atoms with E-state index in [1.54, 1.807) is 13.8 Å². The highest BCUT2D eigenvalue weighted by Gasteiger charge is 2.15. The number of esters is 2. The number of rotatable bonds is 14. The Labute approximate surface area is 160 Å². The Bertz CT molecular complexity index is 465. The van der Waals surface area contributed by atoms with Crippen molar-refractivity contribution in [3.8, 4) is 0 Å². The lowest BCUT2D eigenvalue weighted by Crippen LogP contribution is -2.13. The molecule has 0 saturated heterocycles. The van der Waals surface area contributed by atoms with Crippen LogP contribution in [0.2, 0.25) is 0 Å². The van der Waals surface area contributed by atoms with Gasteiger partial charge in [-0.25, -0.2) is 9.59 Å². The van der Waals surface area contributed by atoms with E-state index in [4.69, 9.17) is 9.47 Å². The lowest BCUT2D eigenvalue weighted by molar-refractivity contribution is -0.140. The first-order valence-corrected chi connectivity index (χ1v) is 9.80. The van der Waals surface area contributed by atoms with Crippen LogP contribution in [-0.4, -0.2) is 25.2 Å². The maximum atomic E-state index is 11.4. The SMILES string of the molecule is C=C(C)C(=O)OCCCC(C)CCC(CCCOC(=O)C(=C)C)C(C)C. The highest BCUT2D eigenvalue weighted by molar-refractivity contribution is 5.87. The summed E-state index contributed by atoms with van der Waals surface area (Å²) < 4.78 is 10.3. The van der Waals surface area contributed by atoms with Gasteiger partial charge in [-0.2, -0.15) is 0 Å². The van der Waals surface area contributed by atoms with Gasteiger partial charge in [0.25, 0.3) is 0 Å². The van der Waals surface area contributed by atoms with Crippen LogP contribution in [0.4, 0.5) is 0 Å². The topological polar surface area (TPSA) is 52.6 Å². The summed E-state index contributed by atoms with van der Waals surface area (Å²) in [6, 6.07) is 0. The Kier molecular flexibility index (Phi) is 12.8. The molecule has 0 heterocycles. The quantitative estimate of drug-likeness (QED) is 0.232. The van der Waals surface area contributed by atoms with Crippen molar-refractivity contribution in [3.05, 3.63) is 24.3 Å². The largest absolute Gasteiger partial charge is 0.462 e. The molecule has 0 aliphatic heterocycles. The number of hydrogen-bond acceptors (Lipinski definition) is 4. The second-order valence-corrected chi connectivity index (χ2v) is 7.80. The van der Waals surface area contributed by atoms with Crippen LogP contribution in [0.3, 0.4) is 0 Å². The van der Waals surface area contributed by atoms with Crippen molar-refractivity contribution in [2.75, 3.05) is 13.2 Å². The third kappa shape index (κ3) is 11.9. The highest BCUT2D eigenvalue weighted by Crippen LogP contribution is 2.26. The fraction of sp³-hybridized carbons (Fsp3) is 0.727. The van der Waals surface area contributed by atoms with E-state index in [1.807, 2.05) is 0 Å². The second kappa shape index (κ2) is 13.6. The Morgan fingerprint density at radius 3 is 1.65 bits per heavy atom. The molecule has 0 aliphatic rings. The standard InChI is InChI=1S/C22H38O4/c1-16(2)20(11-9-15-26-22(24)18(5)6)13-12-19(7)10-8-14-25-21(23)17(3)4/h16,19-20H,3,5,8-15H2,1-2,4,6-7H3. The van der Waals surface area contributed by atoms with Gasteiger partial charge in [-0.3, -0.25) is 0 Å². The van der Waals surface area contributed by atoms with Crippen LogP contribution >= 0.6 is 0 Å². The maximum Gasteiger partial charge on any atom is 0.333 e. The van der Waals surface area contributed by atoms with Gasteiger partial charge in [-0.05, 0) is 63.7 Å². The second-order valence-electron chi connectivity index (χ2n) is 7.80. The monoisotopic (exact) mass is 366 g/mol. The van der Waals surface area contributed by atoms with E-state index in [0.717, 1.165) is 25.7 Å². The average molecular weight is 367 g/mol. The molecule has 2 unspecified atom stereocenters.